The van der Waals surface area contributed by atoms with Crippen LogP contribution >= 0.6 is 44.6 Å². The molecule has 3 heterocycles. The largest absolute Gasteiger partial charge is 0.481 e. The number of ether oxygens (including phenoxy) is 6. The topological polar surface area (TPSA) is 290 Å². The quantitative estimate of drug-likeness (QED) is 0.104. The molecular weight excluding hydrogens is 790 g/mol. The summed E-state index contributed by atoms with van der Waals surface area (Å²) in [7, 11) is 9.91. The third kappa shape index (κ3) is 60.8. The van der Waals surface area contributed by atoms with Gasteiger partial charge in [0.15, 0.2) is 0 Å². The van der Waals surface area contributed by atoms with Crippen LogP contribution in [0.3, 0.4) is 0 Å². The van der Waals surface area contributed by atoms with Gasteiger partial charge in [0.25, 0.3) is 5.97 Å². The zero-order valence-electron chi connectivity index (χ0n) is 27.5. The first-order valence-corrected chi connectivity index (χ1v) is 17.1. The van der Waals surface area contributed by atoms with Crippen LogP contribution in [-0.4, -0.2) is 137 Å². The molecule has 0 amide bonds. The van der Waals surface area contributed by atoms with E-state index in [0.717, 1.165) is 14.0 Å². The van der Waals surface area contributed by atoms with Gasteiger partial charge in [-0.25, -0.2) is 4.21 Å². The molecule has 24 heteroatoms. The summed E-state index contributed by atoms with van der Waals surface area (Å²) in [6, 6.07) is 0. The Bertz CT molecular complexity index is 909. The van der Waals surface area contributed by atoms with E-state index in [2.05, 4.69) is 42.4 Å². The highest BCUT2D eigenvalue weighted by molar-refractivity contribution is 8.26. The number of hydrogen-bond donors (Lipinski definition) is 4. The SMILES string of the molecule is CC(=O)Cl.CC(=O)O.CO.COCCO.O=C(Cl)CCC(=O)OC1COC1.O=C(O)CCC(=O)OC1COC1.O=C1CCC(=O)O1.O=S(Cl)Cl. The number of carbonyl (C=O) groups excluding carboxylic acids is 6. The van der Waals surface area contributed by atoms with Gasteiger partial charge < -0.3 is 48.8 Å². The Balaban J connectivity index is -0.000000165. The molecule has 0 unspecified atom stereocenters. The van der Waals surface area contributed by atoms with Gasteiger partial charge in [0.2, 0.25) is 19.7 Å². The number of halogens is 4. The van der Waals surface area contributed by atoms with Crippen molar-refractivity contribution in [2.24, 2.45) is 0 Å². The summed E-state index contributed by atoms with van der Waals surface area (Å²) in [6.07, 6.45) is 0.0946. The van der Waals surface area contributed by atoms with Gasteiger partial charge in [-0.3, -0.25) is 38.4 Å². The Hall–Kier alpha value is -2.53. The Kier molecular flexibility index (Phi) is 46.5. The average molecular weight is 832 g/mol. The van der Waals surface area contributed by atoms with Crippen molar-refractivity contribution >= 4 is 100 Å². The second kappa shape index (κ2) is 40.9. The number of hydrogen-bond acceptors (Lipinski definition) is 17. The van der Waals surface area contributed by atoms with Gasteiger partial charge in [-0.2, -0.15) is 0 Å². The van der Waals surface area contributed by atoms with Crippen molar-refractivity contribution in [1.82, 2.24) is 0 Å². The molecule has 0 aromatic carbocycles. The van der Waals surface area contributed by atoms with Crippen molar-refractivity contribution < 1.29 is 91.4 Å². The van der Waals surface area contributed by atoms with Crippen molar-refractivity contribution in [2.45, 2.75) is 64.6 Å². The third-order valence-corrected chi connectivity index (χ3v) is 4.13. The van der Waals surface area contributed by atoms with Crippen LogP contribution in [0.1, 0.15) is 52.4 Å². The van der Waals surface area contributed by atoms with Crippen LogP contribution in [-0.2, 0) is 76.0 Å². The van der Waals surface area contributed by atoms with E-state index < -0.39 is 50.3 Å². The molecule has 19 nitrogen and oxygen atoms in total. The lowest BCUT2D eigenvalue weighted by Crippen LogP contribution is -2.37. The molecule has 0 aliphatic carbocycles. The molecule has 294 valence electrons. The van der Waals surface area contributed by atoms with Crippen LogP contribution in [0.15, 0.2) is 0 Å². The fourth-order valence-corrected chi connectivity index (χ4v) is 2.08. The number of aliphatic hydroxyl groups is 2. The van der Waals surface area contributed by atoms with E-state index >= 15 is 0 Å². The van der Waals surface area contributed by atoms with Crippen molar-refractivity contribution in [3.8, 4) is 0 Å². The minimum Gasteiger partial charge on any atom is -0.481 e. The van der Waals surface area contributed by atoms with Gasteiger partial charge in [-0.1, -0.05) is 0 Å². The monoisotopic (exact) mass is 830 g/mol. The normalized spacial score (nSPS) is 13.5. The molecule has 0 aromatic heterocycles. The van der Waals surface area contributed by atoms with Gasteiger partial charge in [0.1, 0.15) is 12.2 Å². The van der Waals surface area contributed by atoms with Crippen LogP contribution < -0.4 is 0 Å². The lowest BCUT2D eigenvalue weighted by Gasteiger charge is -2.25. The highest BCUT2D eigenvalue weighted by Gasteiger charge is 2.23. The van der Waals surface area contributed by atoms with Crippen molar-refractivity contribution in [1.29, 1.82) is 0 Å². The maximum atomic E-state index is 10.9. The van der Waals surface area contributed by atoms with Crippen LogP contribution in [0.25, 0.3) is 0 Å². The van der Waals surface area contributed by atoms with Crippen LogP contribution in [0, 0.1) is 0 Å². The number of carbonyl (C=O) groups is 8. The van der Waals surface area contributed by atoms with Gasteiger partial charge in [0.05, 0.1) is 71.7 Å². The van der Waals surface area contributed by atoms with Crippen LogP contribution in [0.2, 0.25) is 0 Å². The lowest BCUT2D eigenvalue weighted by atomic mass is 10.3. The molecule has 3 fully saturated rings. The van der Waals surface area contributed by atoms with E-state index in [-0.39, 0.29) is 62.6 Å². The molecule has 0 radical (unpaired) electrons. The summed E-state index contributed by atoms with van der Waals surface area (Å²) in [5, 5.41) is 29.7. The molecule has 3 aliphatic rings. The van der Waals surface area contributed by atoms with Crippen LogP contribution in [0.5, 0.6) is 0 Å². The van der Waals surface area contributed by atoms with E-state index in [4.69, 9.17) is 60.0 Å². The molecule has 0 bridgehead atoms. The molecule has 0 saturated carbocycles. The fourth-order valence-electron chi connectivity index (χ4n) is 1.99. The predicted molar refractivity (Wildman–Crippen MR) is 175 cm³/mol. The van der Waals surface area contributed by atoms with E-state index in [9.17, 15) is 33.6 Å². The molecule has 0 aromatic rings. The predicted octanol–water partition coefficient (Wildman–Crippen LogP) is 1.26. The van der Waals surface area contributed by atoms with E-state index in [1.165, 1.54) is 6.92 Å². The molecule has 50 heavy (non-hydrogen) atoms. The standard InChI is InChI=1S/C7H9ClO4.C7H10O5.C4H4O3.C3H8O2.C2H3ClO.C2H4O2.CH4O.Cl2OS/c2*8-6(9)1-2-7(10)12-5-3-11-4-5;5-3-1-2-4(6)7-3;1-5-3-2-4;2*1-2(3)4;1-2;1-4(2)3/h5H,1-4H2;5H,1-4H2,(H,8,9);1-2H2;4H,2-3H2,1H3;1H3;1H3,(H,3,4);2H,1H3;. The van der Waals surface area contributed by atoms with Crippen molar-refractivity contribution in [3.05, 3.63) is 0 Å². The molecule has 0 spiro atoms. The van der Waals surface area contributed by atoms with Gasteiger partial charge >= 0.3 is 29.8 Å². The van der Waals surface area contributed by atoms with E-state index in [1.54, 1.807) is 7.11 Å². The number of methoxy groups -OCH3 is 1. The van der Waals surface area contributed by atoms with Gasteiger partial charge in [0, 0.05) is 55.9 Å². The molecule has 4 N–H and O–H groups in total. The minimum atomic E-state index is -1.67. The number of carboxylic acids is 2. The average Bonchev–Trinajstić information content (AvgIpc) is 3.34. The molecule has 3 saturated heterocycles. The van der Waals surface area contributed by atoms with Crippen LogP contribution in [0.4, 0.5) is 0 Å². The molecule has 3 rings (SSSR count). The number of aliphatic carboxylic acids is 2. The number of rotatable bonds is 10. The first kappa shape index (κ1) is 56.8. The molecular formula is C26H42Cl4O19S. The zero-order valence-corrected chi connectivity index (χ0v) is 31.3. The summed E-state index contributed by atoms with van der Waals surface area (Å²) in [6.45, 7) is 4.72. The van der Waals surface area contributed by atoms with E-state index in [0.29, 0.717) is 33.0 Å². The first-order valence-electron chi connectivity index (χ1n) is 13.6. The highest BCUT2D eigenvalue weighted by atomic mass is 36.0. The Morgan fingerprint density at radius 1 is 0.780 bits per heavy atom. The molecule has 3 aliphatic heterocycles. The number of aliphatic hydroxyl groups excluding tert-OH is 2. The smallest absolute Gasteiger partial charge is 0.314 e. The summed E-state index contributed by atoms with van der Waals surface area (Å²) < 4.78 is 36.8. The lowest BCUT2D eigenvalue weighted by molar-refractivity contribution is -0.173. The summed E-state index contributed by atoms with van der Waals surface area (Å²) in [4.78, 5) is 80.2. The van der Waals surface area contributed by atoms with E-state index in [1.807, 2.05) is 0 Å². The van der Waals surface area contributed by atoms with Crippen molar-refractivity contribution in [3.63, 3.8) is 0 Å². The van der Waals surface area contributed by atoms with Crippen molar-refractivity contribution in [2.75, 3.05) is 53.9 Å². The maximum Gasteiger partial charge on any atom is 0.314 e. The third-order valence-electron chi connectivity index (χ3n) is 3.94. The van der Waals surface area contributed by atoms with Gasteiger partial charge in [-0.15, -0.1) is 0 Å². The van der Waals surface area contributed by atoms with Gasteiger partial charge in [-0.05, 0) is 23.2 Å². The Morgan fingerprint density at radius 2 is 1.10 bits per heavy atom. The summed E-state index contributed by atoms with van der Waals surface area (Å²) in [5.41, 5.74) is 0. The first-order chi connectivity index (χ1) is 23.3. The number of esters is 4. The maximum absolute atomic E-state index is 10.9. The summed E-state index contributed by atoms with van der Waals surface area (Å²) >= 11 is 9.67. The fraction of sp³-hybridized carbons (Fsp3) is 0.692. The Labute approximate surface area is 309 Å². The number of carboxylic acid groups (broad SMARTS) is 2. The molecule has 0 atom stereocenters. The highest BCUT2D eigenvalue weighted by Crippen LogP contribution is 2.08. The second-order valence-electron chi connectivity index (χ2n) is 8.28. The summed E-state index contributed by atoms with van der Waals surface area (Å²) in [5.74, 6) is -3.48. The Morgan fingerprint density at radius 3 is 1.26 bits per heavy atom. The second-order valence-corrected chi connectivity index (χ2v) is 11.8. The number of cyclic esters (lactones) is 2. The zero-order chi connectivity index (χ0) is 40.1. The minimum absolute atomic E-state index is 0.0357.